The zero-order valence-corrected chi connectivity index (χ0v) is 24.3. The lowest BCUT2D eigenvalue weighted by atomic mass is 9.78. The summed E-state index contributed by atoms with van der Waals surface area (Å²) in [5.74, 6) is -0.610. The number of carbonyl (C=O) groups excluding carboxylic acids is 2. The highest BCUT2D eigenvalue weighted by Crippen LogP contribution is 2.41. The third-order valence-corrected chi connectivity index (χ3v) is 9.31. The van der Waals surface area contributed by atoms with Gasteiger partial charge in [0.25, 0.3) is 18.2 Å². The van der Waals surface area contributed by atoms with E-state index in [1.165, 1.54) is 12.3 Å². The van der Waals surface area contributed by atoms with E-state index in [1.807, 2.05) is 20.8 Å². The molecule has 3 atom stereocenters. The molecule has 2 aliphatic rings. The number of nitrogens with one attached hydrogen (secondary N) is 2. The van der Waals surface area contributed by atoms with Crippen LogP contribution in [0.2, 0.25) is 0 Å². The fourth-order valence-electron chi connectivity index (χ4n) is 5.19. The third kappa shape index (κ3) is 6.09. The van der Waals surface area contributed by atoms with E-state index in [4.69, 9.17) is 0 Å². The van der Waals surface area contributed by atoms with Crippen LogP contribution in [0.25, 0.3) is 10.4 Å². The molecule has 0 aromatic carbocycles. The van der Waals surface area contributed by atoms with E-state index in [2.05, 4.69) is 20.6 Å². The van der Waals surface area contributed by atoms with Crippen molar-refractivity contribution in [3.8, 4) is 10.4 Å². The minimum absolute atomic E-state index is 0.0111. The summed E-state index contributed by atoms with van der Waals surface area (Å²) in [6.45, 7) is 10.8. The largest absolute Gasteiger partial charge is 0.388 e. The normalized spacial score (nSPS) is 21.5. The predicted octanol–water partition coefficient (Wildman–Crippen LogP) is 5.79. The van der Waals surface area contributed by atoms with Crippen molar-refractivity contribution in [2.45, 2.75) is 116 Å². The van der Waals surface area contributed by atoms with Gasteiger partial charge in [0, 0.05) is 34.9 Å². The molecule has 2 amide bonds. The molecule has 1 saturated carbocycles. The monoisotopic (exact) mass is 563 g/mol. The van der Waals surface area contributed by atoms with Gasteiger partial charge in [0.1, 0.15) is 11.5 Å². The number of amides is 2. The number of likely N-dealkylation sites (tertiary alicyclic amines) is 1. The Hall–Kier alpha value is -2.66. The van der Waals surface area contributed by atoms with Crippen molar-refractivity contribution in [2.24, 2.45) is 0 Å². The number of aliphatic hydroxyl groups is 1. The molecule has 1 aliphatic carbocycles. The Morgan fingerprint density at radius 1 is 1.31 bits per heavy atom. The second-order valence-corrected chi connectivity index (χ2v) is 12.7. The fourth-order valence-corrected chi connectivity index (χ4v) is 6.18. The van der Waals surface area contributed by atoms with Crippen LogP contribution in [0.4, 0.5) is 14.6 Å². The number of hydrogen-bond donors (Lipinski definition) is 3. The van der Waals surface area contributed by atoms with Gasteiger partial charge in [0.2, 0.25) is 0 Å². The molecule has 2 fully saturated rings. The maximum atomic E-state index is 14.4. The maximum Gasteiger partial charge on any atom is 0.280 e. The number of alkyl halides is 2. The summed E-state index contributed by atoms with van der Waals surface area (Å²) in [6, 6.07) is 0.696. The van der Waals surface area contributed by atoms with Gasteiger partial charge in [0.05, 0.1) is 16.5 Å². The Labute approximate surface area is 232 Å². The number of nitrogens with zero attached hydrogens (tertiary/aromatic N) is 3. The fraction of sp³-hybridized carbons (Fsp3) is 0.643. The zero-order chi connectivity index (χ0) is 28.7. The van der Waals surface area contributed by atoms with Gasteiger partial charge in [-0.1, -0.05) is 6.92 Å². The number of hydrogen-bond acceptors (Lipinski definition) is 7. The van der Waals surface area contributed by atoms with E-state index < -0.39 is 24.0 Å². The van der Waals surface area contributed by atoms with Crippen LogP contribution in [0.1, 0.15) is 112 Å². The maximum absolute atomic E-state index is 14.4. The Morgan fingerprint density at radius 2 is 2.00 bits per heavy atom. The van der Waals surface area contributed by atoms with Gasteiger partial charge in [-0.25, -0.2) is 18.7 Å². The molecule has 2 aromatic rings. The van der Waals surface area contributed by atoms with Crippen LogP contribution >= 0.6 is 11.3 Å². The van der Waals surface area contributed by atoms with Crippen molar-refractivity contribution in [1.29, 1.82) is 0 Å². The van der Waals surface area contributed by atoms with Crippen LogP contribution in [0.5, 0.6) is 0 Å². The van der Waals surface area contributed by atoms with Gasteiger partial charge < -0.3 is 20.6 Å². The Bertz CT molecular complexity index is 1220. The molecule has 214 valence electrons. The van der Waals surface area contributed by atoms with Crippen molar-refractivity contribution in [1.82, 2.24) is 20.2 Å². The van der Waals surface area contributed by atoms with Gasteiger partial charge >= 0.3 is 0 Å². The van der Waals surface area contributed by atoms with E-state index in [9.17, 15) is 23.5 Å². The lowest BCUT2D eigenvalue weighted by Gasteiger charge is -2.39. The summed E-state index contributed by atoms with van der Waals surface area (Å²) in [5.41, 5.74) is -1.58. The first-order valence-electron chi connectivity index (χ1n) is 13.7. The molecule has 11 heteroatoms. The highest BCUT2D eigenvalue weighted by molar-refractivity contribution is 7.17. The van der Waals surface area contributed by atoms with Crippen molar-refractivity contribution < 1.29 is 23.5 Å². The van der Waals surface area contributed by atoms with Gasteiger partial charge in [-0.3, -0.25) is 9.59 Å². The number of anilines is 1. The molecule has 4 rings (SSSR count). The standard InChI is InChI=1S/C28H39F2N5O3S/c1-7-17-10-9-15(2)35(17)26(37)21-22(39-25(33-21)24(36)32-16(3)27(4,5)38)19-14-31-20(13-18(19)23(29)30)34-28(6)11-8-12-28/h13-17,23,38H,7-12H2,1-6H3,(H,31,34)(H,32,36)/t15?,16-,17?/m0/s1. The van der Waals surface area contributed by atoms with Crippen LogP contribution in [-0.2, 0) is 0 Å². The molecule has 3 N–H and O–H groups in total. The lowest BCUT2D eigenvalue weighted by Crippen LogP contribution is -2.47. The summed E-state index contributed by atoms with van der Waals surface area (Å²) < 4.78 is 28.9. The third-order valence-electron chi connectivity index (χ3n) is 8.23. The van der Waals surface area contributed by atoms with Gasteiger partial charge in [-0.2, -0.15) is 0 Å². The van der Waals surface area contributed by atoms with E-state index in [1.54, 1.807) is 25.7 Å². The first kappa shape index (κ1) is 29.3. The zero-order valence-electron chi connectivity index (χ0n) is 23.5. The molecule has 39 heavy (non-hydrogen) atoms. The number of thiazole rings is 1. The lowest BCUT2D eigenvalue weighted by molar-refractivity contribution is 0.0408. The molecular weight excluding hydrogens is 524 g/mol. The first-order valence-corrected chi connectivity index (χ1v) is 14.5. The van der Waals surface area contributed by atoms with Crippen LogP contribution in [0.15, 0.2) is 12.3 Å². The summed E-state index contributed by atoms with van der Waals surface area (Å²) in [6.07, 6.45) is 3.90. The average molecular weight is 564 g/mol. The van der Waals surface area contributed by atoms with Gasteiger partial charge in [-0.15, -0.1) is 11.3 Å². The molecule has 2 aromatic heterocycles. The Morgan fingerprint density at radius 3 is 2.56 bits per heavy atom. The average Bonchev–Trinajstić information content (AvgIpc) is 3.45. The predicted molar refractivity (Wildman–Crippen MR) is 148 cm³/mol. The van der Waals surface area contributed by atoms with E-state index in [0.717, 1.165) is 49.9 Å². The highest BCUT2D eigenvalue weighted by Gasteiger charge is 2.38. The second kappa shape index (κ2) is 11.1. The summed E-state index contributed by atoms with van der Waals surface area (Å²) in [5, 5.41) is 16.2. The smallest absolute Gasteiger partial charge is 0.280 e. The van der Waals surface area contributed by atoms with Gasteiger partial charge in [0.15, 0.2) is 5.01 Å². The molecule has 2 unspecified atom stereocenters. The minimum atomic E-state index is -2.83. The van der Waals surface area contributed by atoms with Crippen LogP contribution in [-0.4, -0.2) is 61.1 Å². The first-order chi connectivity index (χ1) is 18.2. The molecule has 1 saturated heterocycles. The SMILES string of the molecule is CCC1CCC(C)N1C(=O)c1nc(C(=O)N[C@@H](C)C(C)(C)O)sc1-c1cnc(NC2(C)CCC2)cc1C(F)F. The van der Waals surface area contributed by atoms with Crippen LogP contribution in [0, 0.1) is 0 Å². The molecule has 0 radical (unpaired) electrons. The van der Waals surface area contributed by atoms with Gasteiger partial charge in [-0.05, 0) is 79.2 Å². The van der Waals surface area contributed by atoms with Crippen molar-refractivity contribution >= 4 is 29.0 Å². The number of rotatable bonds is 9. The summed E-state index contributed by atoms with van der Waals surface area (Å²) in [4.78, 5) is 37.8. The van der Waals surface area contributed by atoms with Crippen LogP contribution < -0.4 is 10.6 Å². The van der Waals surface area contributed by atoms with Crippen molar-refractivity contribution in [2.75, 3.05) is 5.32 Å². The van der Waals surface area contributed by atoms with Crippen molar-refractivity contribution in [3.05, 3.63) is 28.5 Å². The number of pyridine rings is 1. The Balaban J connectivity index is 1.78. The quantitative estimate of drug-likeness (QED) is 0.357. The molecular formula is C28H39F2N5O3S. The molecule has 0 spiro atoms. The summed E-state index contributed by atoms with van der Waals surface area (Å²) in [7, 11) is 0. The van der Waals surface area contributed by atoms with E-state index in [0.29, 0.717) is 5.82 Å². The van der Waals surface area contributed by atoms with E-state index >= 15 is 0 Å². The minimum Gasteiger partial charge on any atom is -0.388 e. The van der Waals surface area contributed by atoms with Crippen molar-refractivity contribution in [3.63, 3.8) is 0 Å². The number of carbonyl (C=O) groups is 2. The van der Waals surface area contributed by atoms with E-state index in [-0.39, 0.29) is 50.2 Å². The highest BCUT2D eigenvalue weighted by atomic mass is 32.1. The molecule has 8 nitrogen and oxygen atoms in total. The topological polar surface area (TPSA) is 107 Å². The molecule has 3 heterocycles. The second-order valence-electron chi connectivity index (χ2n) is 11.7. The molecule has 1 aliphatic heterocycles. The Kier molecular flexibility index (Phi) is 8.33. The summed E-state index contributed by atoms with van der Waals surface area (Å²) >= 11 is 0.891. The van der Waals surface area contributed by atoms with Crippen LogP contribution in [0.3, 0.4) is 0 Å². The number of halogens is 2. The number of aromatic nitrogens is 2. The molecule has 0 bridgehead atoms.